The highest BCUT2D eigenvalue weighted by atomic mass is 35.5. The van der Waals surface area contributed by atoms with E-state index in [1.54, 1.807) is 24.3 Å². The Kier molecular flexibility index (Phi) is 5.19. The summed E-state index contributed by atoms with van der Waals surface area (Å²) in [6, 6.07) is 14.6. The fraction of sp³-hybridized carbons (Fsp3) is 0.222. The third-order valence-corrected chi connectivity index (χ3v) is 3.57. The molecule has 0 aliphatic carbocycles. The molecule has 4 heteroatoms. The first-order chi connectivity index (χ1) is 10.5. The Labute approximate surface area is 135 Å². The van der Waals surface area contributed by atoms with Gasteiger partial charge < -0.3 is 4.74 Å². The Morgan fingerprint density at radius 2 is 2.05 bits per heavy atom. The summed E-state index contributed by atoms with van der Waals surface area (Å²) >= 11 is 5.88. The van der Waals surface area contributed by atoms with Gasteiger partial charge in [0.05, 0.1) is 6.07 Å². The summed E-state index contributed by atoms with van der Waals surface area (Å²) < 4.78 is 5.53. The molecule has 1 unspecified atom stereocenters. The molecule has 22 heavy (non-hydrogen) atoms. The predicted molar refractivity (Wildman–Crippen MR) is 86.2 cm³/mol. The van der Waals surface area contributed by atoms with E-state index < -0.39 is 5.92 Å². The van der Waals surface area contributed by atoms with Gasteiger partial charge >= 0.3 is 0 Å². The molecular weight excluding hydrogens is 298 g/mol. The Morgan fingerprint density at radius 1 is 1.27 bits per heavy atom. The maximum absolute atomic E-state index is 12.3. The zero-order chi connectivity index (χ0) is 16.1. The summed E-state index contributed by atoms with van der Waals surface area (Å²) in [4.78, 5) is 12.3. The summed E-state index contributed by atoms with van der Waals surface area (Å²) in [6.45, 7) is 3.64. The molecule has 0 spiro atoms. The van der Waals surface area contributed by atoms with Gasteiger partial charge in [0.2, 0.25) is 0 Å². The van der Waals surface area contributed by atoms with Crippen LogP contribution in [0.2, 0.25) is 5.02 Å². The first-order valence-electron chi connectivity index (χ1n) is 6.89. The highest BCUT2D eigenvalue weighted by molar-refractivity contribution is 6.30. The molecule has 2 rings (SSSR count). The molecule has 0 N–H and O–H groups in total. The third-order valence-electron chi connectivity index (χ3n) is 3.33. The second kappa shape index (κ2) is 7.11. The van der Waals surface area contributed by atoms with Crippen molar-refractivity contribution in [2.24, 2.45) is 0 Å². The number of nitrogens with zero attached hydrogens (tertiary/aromatic N) is 1. The minimum absolute atomic E-state index is 0.144. The number of Topliss-reactive ketones (excluding diaryl/α,β-unsaturated/α-hetero) is 1. The number of halogens is 1. The number of nitriles is 1. The SMILES string of the molecule is Cc1cccc(C(C#N)C(=O)COc2ccc(Cl)cc2C)c1. The molecule has 0 fully saturated rings. The standard InChI is InChI=1S/C18H16ClNO2/c1-12-4-3-5-14(8-12)16(10-20)17(21)11-22-18-7-6-15(19)9-13(18)2/h3-9,16H,11H2,1-2H3. The van der Waals surface area contributed by atoms with E-state index in [2.05, 4.69) is 6.07 Å². The summed E-state index contributed by atoms with van der Waals surface area (Å²) in [5.74, 6) is -0.478. The molecule has 112 valence electrons. The number of carbonyl (C=O) groups is 1. The lowest BCUT2D eigenvalue weighted by Gasteiger charge is -2.12. The molecule has 0 aliphatic heterocycles. The minimum atomic E-state index is -0.812. The van der Waals surface area contributed by atoms with Crippen LogP contribution in [0.5, 0.6) is 5.75 Å². The maximum atomic E-state index is 12.3. The number of ketones is 1. The first kappa shape index (κ1) is 16.1. The molecule has 0 heterocycles. The molecule has 0 amide bonds. The van der Waals surface area contributed by atoms with Crippen LogP contribution in [0.3, 0.4) is 0 Å². The van der Waals surface area contributed by atoms with Crippen LogP contribution >= 0.6 is 11.6 Å². The monoisotopic (exact) mass is 313 g/mol. The lowest BCUT2D eigenvalue weighted by molar-refractivity contribution is -0.121. The quantitative estimate of drug-likeness (QED) is 0.830. The lowest BCUT2D eigenvalue weighted by Crippen LogP contribution is -2.19. The van der Waals surface area contributed by atoms with E-state index in [1.165, 1.54) is 0 Å². The average Bonchev–Trinajstić information content (AvgIpc) is 2.47. The molecule has 0 saturated carbocycles. The van der Waals surface area contributed by atoms with Crippen molar-refractivity contribution in [3.05, 3.63) is 64.2 Å². The zero-order valence-corrected chi connectivity index (χ0v) is 13.2. The minimum Gasteiger partial charge on any atom is -0.485 e. The van der Waals surface area contributed by atoms with Gasteiger partial charge in [0.25, 0.3) is 0 Å². The van der Waals surface area contributed by atoms with Crippen molar-refractivity contribution in [2.75, 3.05) is 6.61 Å². The van der Waals surface area contributed by atoms with Gasteiger partial charge in [-0.3, -0.25) is 4.79 Å². The Bertz CT molecular complexity index is 734. The van der Waals surface area contributed by atoms with Crippen LogP contribution in [-0.2, 0) is 4.79 Å². The molecule has 0 radical (unpaired) electrons. The second-order valence-corrected chi connectivity index (χ2v) is 5.58. The summed E-state index contributed by atoms with van der Waals surface area (Å²) in [6.07, 6.45) is 0. The van der Waals surface area contributed by atoms with Gasteiger partial charge in [-0.2, -0.15) is 5.26 Å². The summed E-state index contributed by atoms with van der Waals surface area (Å²) in [5, 5.41) is 9.90. The molecule has 1 atom stereocenters. The highest BCUT2D eigenvalue weighted by Crippen LogP contribution is 2.23. The van der Waals surface area contributed by atoms with Gasteiger partial charge in [-0.25, -0.2) is 0 Å². The maximum Gasteiger partial charge on any atom is 0.191 e. The number of aryl methyl sites for hydroxylation is 2. The van der Waals surface area contributed by atoms with Crippen LogP contribution in [0.4, 0.5) is 0 Å². The van der Waals surface area contributed by atoms with Gasteiger partial charge in [0.15, 0.2) is 5.78 Å². The van der Waals surface area contributed by atoms with E-state index in [-0.39, 0.29) is 12.4 Å². The van der Waals surface area contributed by atoms with E-state index in [1.807, 2.05) is 32.0 Å². The van der Waals surface area contributed by atoms with Crippen molar-refractivity contribution in [1.82, 2.24) is 0 Å². The number of benzene rings is 2. The molecule has 2 aromatic rings. The number of hydrogen-bond donors (Lipinski definition) is 0. The van der Waals surface area contributed by atoms with Crippen molar-refractivity contribution in [3.63, 3.8) is 0 Å². The van der Waals surface area contributed by atoms with Crippen molar-refractivity contribution < 1.29 is 9.53 Å². The number of hydrogen-bond acceptors (Lipinski definition) is 3. The van der Waals surface area contributed by atoms with Crippen LogP contribution < -0.4 is 4.74 Å². The molecule has 3 nitrogen and oxygen atoms in total. The second-order valence-electron chi connectivity index (χ2n) is 5.14. The molecule has 0 bridgehead atoms. The number of ether oxygens (including phenoxy) is 1. The molecular formula is C18H16ClNO2. The topological polar surface area (TPSA) is 50.1 Å². The van der Waals surface area contributed by atoms with Crippen LogP contribution in [-0.4, -0.2) is 12.4 Å². The van der Waals surface area contributed by atoms with Crippen molar-refractivity contribution in [2.45, 2.75) is 19.8 Å². The predicted octanol–water partition coefficient (Wildman–Crippen LogP) is 4.21. The fourth-order valence-electron chi connectivity index (χ4n) is 2.19. The van der Waals surface area contributed by atoms with Gasteiger partial charge in [-0.1, -0.05) is 41.4 Å². The van der Waals surface area contributed by atoms with E-state index >= 15 is 0 Å². The molecule has 0 aliphatic rings. The lowest BCUT2D eigenvalue weighted by atomic mass is 9.95. The van der Waals surface area contributed by atoms with E-state index in [0.29, 0.717) is 16.3 Å². The Balaban J connectivity index is 2.09. The van der Waals surface area contributed by atoms with Gasteiger partial charge in [-0.15, -0.1) is 0 Å². The van der Waals surface area contributed by atoms with E-state index in [4.69, 9.17) is 16.3 Å². The fourth-order valence-corrected chi connectivity index (χ4v) is 2.42. The van der Waals surface area contributed by atoms with Gasteiger partial charge in [0, 0.05) is 5.02 Å². The van der Waals surface area contributed by atoms with Crippen LogP contribution in [0.1, 0.15) is 22.6 Å². The molecule has 2 aromatic carbocycles. The van der Waals surface area contributed by atoms with E-state index in [0.717, 1.165) is 11.1 Å². The average molecular weight is 314 g/mol. The summed E-state index contributed by atoms with van der Waals surface area (Å²) in [5.41, 5.74) is 2.56. The third kappa shape index (κ3) is 3.87. The Morgan fingerprint density at radius 3 is 2.68 bits per heavy atom. The normalized spacial score (nSPS) is 11.5. The zero-order valence-electron chi connectivity index (χ0n) is 12.5. The van der Waals surface area contributed by atoms with Gasteiger partial charge in [0.1, 0.15) is 18.3 Å². The van der Waals surface area contributed by atoms with Gasteiger partial charge in [-0.05, 0) is 43.2 Å². The molecule has 0 aromatic heterocycles. The van der Waals surface area contributed by atoms with E-state index in [9.17, 15) is 10.1 Å². The number of rotatable bonds is 5. The molecule has 0 saturated heterocycles. The van der Waals surface area contributed by atoms with Crippen LogP contribution in [0.25, 0.3) is 0 Å². The first-order valence-corrected chi connectivity index (χ1v) is 7.27. The largest absolute Gasteiger partial charge is 0.485 e. The van der Waals surface area contributed by atoms with Crippen molar-refractivity contribution in [1.29, 1.82) is 5.26 Å². The smallest absolute Gasteiger partial charge is 0.191 e. The highest BCUT2D eigenvalue weighted by Gasteiger charge is 2.21. The Hall–Kier alpha value is -2.31. The van der Waals surface area contributed by atoms with Crippen molar-refractivity contribution in [3.8, 4) is 11.8 Å². The van der Waals surface area contributed by atoms with Crippen LogP contribution in [0.15, 0.2) is 42.5 Å². The van der Waals surface area contributed by atoms with Crippen molar-refractivity contribution >= 4 is 17.4 Å². The van der Waals surface area contributed by atoms with Crippen LogP contribution in [0, 0.1) is 25.2 Å². The summed E-state index contributed by atoms with van der Waals surface area (Å²) in [7, 11) is 0. The number of carbonyl (C=O) groups excluding carboxylic acids is 1.